The number of carboxylic acids is 1. The average Bonchev–Trinajstić information content (AvgIpc) is 3.29. The first-order valence-electron chi connectivity index (χ1n) is 12.2. The molecule has 0 atom stereocenters. The standard InChI is InChI=1S/C30H31NO7/c1-20-26(31-28(37-20)21-8-6-5-7-9-21)16-17-35-25-14-15-27(38-30(2,3)29(32)33)22(18-25)19-36-24-12-10-23(34-4)11-13-24/h5-15,18H,16-17,19H2,1-4H3,(H,32,33). The third-order valence-corrected chi connectivity index (χ3v) is 5.89. The van der Waals surface area contributed by atoms with Crippen molar-refractivity contribution in [3.8, 4) is 34.5 Å². The summed E-state index contributed by atoms with van der Waals surface area (Å²) in [6.07, 6.45) is 0.560. The lowest BCUT2D eigenvalue weighted by Crippen LogP contribution is -2.38. The van der Waals surface area contributed by atoms with Crippen molar-refractivity contribution in [3.63, 3.8) is 0 Å². The van der Waals surface area contributed by atoms with Crippen LogP contribution in [0.2, 0.25) is 0 Å². The van der Waals surface area contributed by atoms with Crippen molar-refractivity contribution < 1.29 is 33.3 Å². The van der Waals surface area contributed by atoms with E-state index in [1.54, 1.807) is 49.6 Å². The molecule has 1 aromatic heterocycles. The van der Waals surface area contributed by atoms with Gasteiger partial charge in [-0.25, -0.2) is 9.78 Å². The van der Waals surface area contributed by atoms with E-state index in [2.05, 4.69) is 4.98 Å². The molecule has 0 radical (unpaired) electrons. The summed E-state index contributed by atoms with van der Waals surface area (Å²) < 4.78 is 28.8. The van der Waals surface area contributed by atoms with Gasteiger partial charge >= 0.3 is 5.97 Å². The van der Waals surface area contributed by atoms with Crippen molar-refractivity contribution in [1.29, 1.82) is 0 Å². The van der Waals surface area contributed by atoms with E-state index in [9.17, 15) is 9.90 Å². The summed E-state index contributed by atoms with van der Waals surface area (Å²) in [5.41, 5.74) is 0.980. The summed E-state index contributed by atoms with van der Waals surface area (Å²) in [5, 5.41) is 9.52. The second kappa shape index (κ2) is 11.7. The number of aliphatic carboxylic acids is 1. The highest BCUT2D eigenvalue weighted by Crippen LogP contribution is 2.30. The number of methoxy groups -OCH3 is 1. The van der Waals surface area contributed by atoms with Crippen molar-refractivity contribution in [1.82, 2.24) is 4.98 Å². The Morgan fingerprint density at radius 1 is 0.947 bits per heavy atom. The molecule has 4 aromatic rings. The highest BCUT2D eigenvalue weighted by molar-refractivity contribution is 5.76. The van der Waals surface area contributed by atoms with Crippen LogP contribution in [0.3, 0.4) is 0 Å². The molecular formula is C30H31NO7. The number of oxazole rings is 1. The summed E-state index contributed by atoms with van der Waals surface area (Å²) in [4.78, 5) is 16.3. The largest absolute Gasteiger partial charge is 0.497 e. The normalized spacial score (nSPS) is 11.2. The number of hydrogen-bond acceptors (Lipinski definition) is 7. The van der Waals surface area contributed by atoms with Crippen molar-refractivity contribution in [2.75, 3.05) is 13.7 Å². The minimum absolute atomic E-state index is 0.150. The molecule has 0 saturated carbocycles. The van der Waals surface area contributed by atoms with E-state index in [1.807, 2.05) is 37.3 Å². The van der Waals surface area contributed by atoms with Gasteiger partial charge in [0.1, 0.15) is 35.4 Å². The molecule has 4 rings (SSSR count). The molecule has 0 aliphatic rings. The molecule has 0 aliphatic carbocycles. The zero-order chi connectivity index (χ0) is 27.1. The van der Waals surface area contributed by atoms with Crippen LogP contribution in [0.15, 0.2) is 77.2 Å². The van der Waals surface area contributed by atoms with Gasteiger partial charge in [-0.2, -0.15) is 0 Å². The fraction of sp³-hybridized carbons (Fsp3) is 0.267. The van der Waals surface area contributed by atoms with Gasteiger partial charge < -0.3 is 28.5 Å². The van der Waals surface area contributed by atoms with Crippen LogP contribution in [0.4, 0.5) is 0 Å². The number of nitrogens with zero attached hydrogens (tertiary/aromatic N) is 1. The van der Waals surface area contributed by atoms with Gasteiger partial charge in [-0.3, -0.25) is 0 Å². The lowest BCUT2D eigenvalue weighted by Gasteiger charge is -2.24. The number of rotatable bonds is 12. The van der Waals surface area contributed by atoms with Crippen molar-refractivity contribution in [2.24, 2.45) is 0 Å². The van der Waals surface area contributed by atoms with E-state index >= 15 is 0 Å². The predicted octanol–water partition coefficient (Wildman–Crippen LogP) is 6.10. The van der Waals surface area contributed by atoms with E-state index in [0.29, 0.717) is 41.7 Å². The number of carbonyl (C=O) groups is 1. The fourth-order valence-electron chi connectivity index (χ4n) is 3.64. The first-order valence-corrected chi connectivity index (χ1v) is 12.2. The highest BCUT2D eigenvalue weighted by Gasteiger charge is 2.30. The SMILES string of the molecule is COc1ccc(OCc2cc(OCCc3nc(-c4ccccc4)oc3C)ccc2OC(C)(C)C(=O)O)cc1. The van der Waals surface area contributed by atoms with Gasteiger partial charge in [0, 0.05) is 17.5 Å². The first-order chi connectivity index (χ1) is 18.2. The minimum Gasteiger partial charge on any atom is -0.497 e. The van der Waals surface area contributed by atoms with Gasteiger partial charge in [0.25, 0.3) is 0 Å². The number of ether oxygens (including phenoxy) is 4. The Morgan fingerprint density at radius 3 is 2.32 bits per heavy atom. The van der Waals surface area contributed by atoms with E-state index in [1.165, 1.54) is 13.8 Å². The molecule has 0 unspecified atom stereocenters. The average molecular weight is 518 g/mol. The summed E-state index contributed by atoms with van der Waals surface area (Å²) in [6, 6.07) is 22.2. The zero-order valence-corrected chi connectivity index (χ0v) is 21.9. The van der Waals surface area contributed by atoms with Gasteiger partial charge in [-0.15, -0.1) is 0 Å². The number of hydrogen-bond donors (Lipinski definition) is 1. The third kappa shape index (κ3) is 6.64. The molecule has 0 fully saturated rings. The van der Waals surface area contributed by atoms with Crippen molar-refractivity contribution >= 4 is 5.97 Å². The lowest BCUT2D eigenvalue weighted by atomic mass is 10.1. The Kier molecular flexibility index (Phi) is 8.21. The first kappa shape index (κ1) is 26.6. The summed E-state index contributed by atoms with van der Waals surface area (Å²) in [7, 11) is 1.60. The van der Waals surface area contributed by atoms with Crippen molar-refractivity contribution in [3.05, 3.63) is 89.8 Å². The Labute approximate surface area is 221 Å². The fourth-order valence-corrected chi connectivity index (χ4v) is 3.64. The smallest absolute Gasteiger partial charge is 0.347 e. The Bertz CT molecular complexity index is 1360. The topological polar surface area (TPSA) is 100 Å². The maximum Gasteiger partial charge on any atom is 0.347 e. The van der Waals surface area contributed by atoms with E-state index in [4.69, 9.17) is 23.4 Å². The molecule has 0 amide bonds. The summed E-state index contributed by atoms with van der Waals surface area (Å²) >= 11 is 0. The molecular weight excluding hydrogens is 486 g/mol. The van der Waals surface area contributed by atoms with Gasteiger partial charge in [0.2, 0.25) is 5.89 Å². The monoisotopic (exact) mass is 517 g/mol. The molecule has 0 saturated heterocycles. The van der Waals surface area contributed by atoms with E-state index in [0.717, 1.165) is 22.8 Å². The molecule has 8 heteroatoms. The van der Waals surface area contributed by atoms with Crippen LogP contribution in [-0.2, 0) is 17.8 Å². The Morgan fingerprint density at radius 2 is 1.63 bits per heavy atom. The number of aryl methyl sites for hydroxylation is 1. The van der Waals surface area contributed by atoms with E-state index < -0.39 is 11.6 Å². The maximum absolute atomic E-state index is 11.6. The van der Waals surface area contributed by atoms with Crippen LogP contribution >= 0.6 is 0 Å². The molecule has 198 valence electrons. The molecule has 0 aliphatic heterocycles. The molecule has 0 bridgehead atoms. The Balaban J connectivity index is 1.46. The van der Waals surface area contributed by atoms with Crippen LogP contribution in [0, 0.1) is 6.92 Å². The third-order valence-electron chi connectivity index (χ3n) is 5.89. The molecule has 1 heterocycles. The van der Waals surface area contributed by atoms with Crippen LogP contribution in [0.5, 0.6) is 23.0 Å². The Hall–Kier alpha value is -4.46. The summed E-state index contributed by atoms with van der Waals surface area (Å²) in [6.45, 7) is 5.41. The minimum atomic E-state index is -1.42. The van der Waals surface area contributed by atoms with Crippen molar-refractivity contribution in [2.45, 2.75) is 39.4 Å². The number of aromatic nitrogens is 1. The second-order valence-corrected chi connectivity index (χ2v) is 9.14. The molecule has 1 N–H and O–H groups in total. The van der Waals surface area contributed by atoms with Crippen LogP contribution in [-0.4, -0.2) is 35.4 Å². The zero-order valence-electron chi connectivity index (χ0n) is 21.9. The molecule has 8 nitrogen and oxygen atoms in total. The summed E-state index contributed by atoms with van der Waals surface area (Å²) in [5.74, 6) is 2.62. The quantitative estimate of drug-likeness (QED) is 0.241. The van der Waals surface area contributed by atoms with Gasteiger partial charge in [0.05, 0.1) is 19.4 Å². The highest BCUT2D eigenvalue weighted by atomic mass is 16.5. The maximum atomic E-state index is 11.6. The van der Waals surface area contributed by atoms with Gasteiger partial charge in [-0.05, 0) is 75.4 Å². The number of carboxylic acid groups (broad SMARTS) is 1. The lowest BCUT2D eigenvalue weighted by molar-refractivity contribution is -0.152. The predicted molar refractivity (Wildman–Crippen MR) is 142 cm³/mol. The molecule has 38 heavy (non-hydrogen) atoms. The van der Waals surface area contributed by atoms with Crippen LogP contribution < -0.4 is 18.9 Å². The van der Waals surface area contributed by atoms with Crippen LogP contribution in [0.25, 0.3) is 11.5 Å². The van der Waals surface area contributed by atoms with Crippen LogP contribution in [0.1, 0.15) is 30.9 Å². The number of benzene rings is 3. The molecule has 3 aromatic carbocycles. The second-order valence-electron chi connectivity index (χ2n) is 9.14. The van der Waals surface area contributed by atoms with E-state index in [-0.39, 0.29) is 6.61 Å². The van der Waals surface area contributed by atoms with Gasteiger partial charge in [0.15, 0.2) is 5.60 Å². The molecule has 0 spiro atoms. The van der Waals surface area contributed by atoms with Gasteiger partial charge in [-0.1, -0.05) is 18.2 Å².